The minimum atomic E-state index is -0.281. The molecule has 18 heavy (non-hydrogen) atoms. The van der Waals surface area contributed by atoms with E-state index in [1.165, 1.54) is 12.7 Å². The van der Waals surface area contributed by atoms with Gasteiger partial charge in [0.1, 0.15) is 0 Å². The first-order chi connectivity index (χ1) is 8.72. The van der Waals surface area contributed by atoms with E-state index in [0.29, 0.717) is 11.6 Å². The highest BCUT2D eigenvalue weighted by atomic mass is 16.5. The fraction of sp³-hybridized carbons (Fsp3) is 0.500. The van der Waals surface area contributed by atoms with Gasteiger partial charge in [-0.3, -0.25) is 4.90 Å². The molecule has 0 radical (unpaired) electrons. The van der Waals surface area contributed by atoms with Gasteiger partial charge in [0.2, 0.25) is 0 Å². The number of carbonyl (C=O) groups excluding carboxylic acids is 1. The zero-order valence-corrected chi connectivity index (χ0v) is 11.0. The van der Waals surface area contributed by atoms with E-state index in [1.807, 2.05) is 24.3 Å². The third kappa shape index (κ3) is 2.89. The molecule has 4 heteroatoms. The summed E-state index contributed by atoms with van der Waals surface area (Å²) in [5.41, 5.74) is 1.85. The van der Waals surface area contributed by atoms with Crippen LogP contribution in [0, 0.1) is 0 Å². The molecule has 1 N–H and O–H groups in total. The number of carbonyl (C=O) groups is 1. The Kier molecular flexibility index (Phi) is 4.33. The Balaban J connectivity index is 2.06. The van der Waals surface area contributed by atoms with Crippen LogP contribution in [-0.4, -0.2) is 44.2 Å². The second-order valence-electron chi connectivity index (χ2n) is 4.58. The van der Waals surface area contributed by atoms with E-state index < -0.39 is 0 Å². The van der Waals surface area contributed by atoms with Gasteiger partial charge in [0.25, 0.3) is 0 Å². The number of rotatable bonds is 3. The molecule has 0 aliphatic carbocycles. The number of ether oxygens (including phenoxy) is 1. The number of esters is 1. The van der Waals surface area contributed by atoms with Crippen molar-refractivity contribution in [1.82, 2.24) is 10.2 Å². The molecule has 1 fully saturated rings. The normalized spacial score (nSPS) is 18.3. The highest BCUT2D eigenvalue weighted by molar-refractivity contribution is 5.89. The standard InChI is InChI=1S/C14H20N2O2/c1-11(16-9-7-15-8-10-16)12-3-5-13(6-4-12)14(17)18-2/h3-6,11,15H,7-10H2,1-2H3/t11-/m1/s1. The maximum absolute atomic E-state index is 11.4. The minimum Gasteiger partial charge on any atom is -0.465 e. The predicted octanol–water partition coefficient (Wildman–Crippen LogP) is 1.44. The van der Waals surface area contributed by atoms with Gasteiger partial charge in [0.15, 0.2) is 0 Å². The molecule has 0 aromatic heterocycles. The van der Waals surface area contributed by atoms with Crippen LogP contribution >= 0.6 is 0 Å². The molecule has 1 aliphatic rings. The van der Waals surface area contributed by atoms with Crippen molar-refractivity contribution in [3.05, 3.63) is 35.4 Å². The summed E-state index contributed by atoms with van der Waals surface area (Å²) in [4.78, 5) is 13.8. The molecule has 1 aliphatic heterocycles. The largest absolute Gasteiger partial charge is 0.465 e. The molecule has 98 valence electrons. The highest BCUT2D eigenvalue weighted by Crippen LogP contribution is 2.20. The number of hydrogen-bond acceptors (Lipinski definition) is 4. The summed E-state index contributed by atoms with van der Waals surface area (Å²) in [5.74, 6) is -0.281. The minimum absolute atomic E-state index is 0.281. The van der Waals surface area contributed by atoms with Crippen LogP contribution in [-0.2, 0) is 4.74 Å². The second kappa shape index (κ2) is 5.98. The molecule has 1 atom stereocenters. The van der Waals surface area contributed by atoms with Gasteiger partial charge < -0.3 is 10.1 Å². The Morgan fingerprint density at radius 1 is 1.28 bits per heavy atom. The Morgan fingerprint density at radius 2 is 1.89 bits per heavy atom. The molecule has 0 unspecified atom stereocenters. The van der Waals surface area contributed by atoms with Crippen LogP contribution in [0.2, 0.25) is 0 Å². The maximum Gasteiger partial charge on any atom is 0.337 e. The number of methoxy groups -OCH3 is 1. The molecule has 2 rings (SSSR count). The van der Waals surface area contributed by atoms with Crippen LogP contribution < -0.4 is 5.32 Å². The lowest BCUT2D eigenvalue weighted by molar-refractivity contribution is 0.0600. The fourth-order valence-corrected chi connectivity index (χ4v) is 2.30. The average molecular weight is 248 g/mol. The summed E-state index contributed by atoms with van der Waals surface area (Å²) in [6.45, 7) is 6.44. The quantitative estimate of drug-likeness (QED) is 0.822. The van der Waals surface area contributed by atoms with E-state index >= 15 is 0 Å². The monoisotopic (exact) mass is 248 g/mol. The lowest BCUT2D eigenvalue weighted by atomic mass is 10.0. The van der Waals surface area contributed by atoms with Crippen LogP contribution in [0.25, 0.3) is 0 Å². The van der Waals surface area contributed by atoms with Crippen molar-refractivity contribution in [2.45, 2.75) is 13.0 Å². The fourth-order valence-electron chi connectivity index (χ4n) is 2.30. The Labute approximate surface area is 108 Å². The molecule has 0 saturated carbocycles. The average Bonchev–Trinajstić information content (AvgIpc) is 2.47. The molecule has 1 heterocycles. The molecular formula is C14H20N2O2. The van der Waals surface area contributed by atoms with Crippen LogP contribution in [0.15, 0.2) is 24.3 Å². The van der Waals surface area contributed by atoms with Gasteiger partial charge in [0.05, 0.1) is 12.7 Å². The van der Waals surface area contributed by atoms with Crippen molar-refractivity contribution >= 4 is 5.97 Å². The molecule has 0 amide bonds. The van der Waals surface area contributed by atoms with Gasteiger partial charge in [-0.05, 0) is 24.6 Å². The van der Waals surface area contributed by atoms with Gasteiger partial charge in [-0.25, -0.2) is 4.79 Å². The Hall–Kier alpha value is -1.39. The predicted molar refractivity (Wildman–Crippen MR) is 70.6 cm³/mol. The summed E-state index contributed by atoms with van der Waals surface area (Å²) in [6, 6.07) is 8.08. The summed E-state index contributed by atoms with van der Waals surface area (Å²) < 4.78 is 4.70. The van der Waals surface area contributed by atoms with Crippen molar-refractivity contribution in [3.8, 4) is 0 Å². The smallest absolute Gasteiger partial charge is 0.337 e. The number of nitrogens with zero attached hydrogens (tertiary/aromatic N) is 1. The maximum atomic E-state index is 11.4. The van der Waals surface area contributed by atoms with Gasteiger partial charge in [-0.2, -0.15) is 0 Å². The van der Waals surface area contributed by atoms with E-state index in [9.17, 15) is 4.79 Å². The SMILES string of the molecule is COC(=O)c1ccc([C@@H](C)N2CCNCC2)cc1. The van der Waals surface area contributed by atoms with E-state index in [4.69, 9.17) is 4.74 Å². The third-order valence-electron chi connectivity index (χ3n) is 3.51. The van der Waals surface area contributed by atoms with E-state index in [-0.39, 0.29) is 5.97 Å². The zero-order chi connectivity index (χ0) is 13.0. The van der Waals surface area contributed by atoms with Gasteiger partial charge >= 0.3 is 5.97 Å². The molecule has 0 bridgehead atoms. The first-order valence-electron chi connectivity index (χ1n) is 6.35. The van der Waals surface area contributed by atoms with E-state index in [1.54, 1.807) is 0 Å². The first kappa shape index (κ1) is 13.1. The number of benzene rings is 1. The van der Waals surface area contributed by atoms with Crippen LogP contribution in [0.3, 0.4) is 0 Å². The topological polar surface area (TPSA) is 41.6 Å². The Bertz CT molecular complexity index is 397. The van der Waals surface area contributed by atoms with Crippen LogP contribution in [0.4, 0.5) is 0 Å². The number of piperazine rings is 1. The molecule has 1 aromatic carbocycles. The van der Waals surface area contributed by atoms with Crippen molar-refractivity contribution < 1.29 is 9.53 Å². The van der Waals surface area contributed by atoms with Crippen LogP contribution in [0.1, 0.15) is 28.9 Å². The molecule has 4 nitrogen and oxygen atoms in total. The Morgan fingerprint density at radius 3 is 2.44 bits per heavy atom. The van der Waals surface area contributed by atoms with Crippen molar-refractivity contribution in [3.63, 3.8) is 0 Å². The summed E-state index contributed by atoms with van der Waals surface area (Å²) in [6.07, 6.45) is 0. The summed E-state index contributed by atoms with van der Waals surface area (Å²) >= 11 is 0. The van der Waals surface area contributed by atoms with E-state index in [2.05, 4.69) is 17.1 Å². The van der Waals surface area contributed by atoms with Gasteiger partial charge in [-0.1, -0.05) is 12.1 Å². The number of hydrogen-bond donors (Lipinski definition) is 1. The lowest BCUT2D eigenvalue weighted by Gasteiger charge is -2.33. The highest BCUT2D eigenvalue weighted by Gasteiger charge is 2.18. The van der Waals surface area contributed by atoms with Crippen molar-refractivity contribution in [2.24, 2.45) is 0 Å². The van der Waals surface area contributed by atoms with Crippen molar-refractivity contribution in [1.29, 1.82) is 0 Å². The van der Waals surface area contributed by atoms with E-state index in [0.717, 1.165) is 26.2 Å². The molecule has 1 saturated heterocycles. The van der Waals surface area contributed by atoms with Gasteiger partial charge in [-0.15, -0.1) is 0 Å². The summed E-state index contributed by atoms with van der Waals surface area (Å²) in [5, 5.41) is 3.35. The first-order valence-corrected chi connectivity index (χ1v) is 6.35. The van der Waals surface area contributed by atoms with Crippen LogP contribution in [0.5, 0.6) is 0 Å². The van der Waals surface area contributed by atoms with Crippen molar-refractivity contribution in [2.75, 3.05) is 33.3 Å². The lowest BCUT2D eigenvalue weighted by Crippen LogP contribution is -2.44. The number of nitrogens with one attached hydrogen (secondary N) is 1. The summed E-state index contributed by atoms with van der Waals surface area (Å²) in [7, 11) is 1.40. The molecule has 0 spiro atoms. The third-order valence-corrected chi connectivity index (χ3v) is 3.51. The van der Waals surface area contributed by atoms with Gasteiger partial charge in [0, 0.05) is 32.2 Å². The molecular weight excluding hydrogens is 228 g/mol. The molecule has 1 aromatic rings. The zero-order valence-electron chi connectivity index (χ0n) is 11.0. The second-order valence-corrected chi connectivity index (χ2v) is 4.58.